The monoisotopic (exact) mass is 319 g/mol. The van der Waals surface area contributed by atoms with E-state index in [0.29, 0.717) is 17.2 Å². The molecule has 0 aliphatic carbocycles. The SMILES string of the molecule is C#C/C=C(\OC)c1nc2cc(-c3ccc(C)c(C)c3)nc(N)n2n1. The first kappa shape index (κ1) is 15.6. The smallest absolute Gasteiger partial charge is 0.223 e. The minimum atomic E-state index is 0.246. The number of hydrogen-bond donors (Lipinski definition) is 1. The average molecular weight is 319 g/mol. The van der Waals surface area contributed by atoms with Crippen LogP contribution in [0.4, 0.5) is 5.95 Å². The molecule has 0 radical (unpaired) electrons. The molecule has 6 nitrogen and oxygen atoms in total. The van der Waals surface area contributed by atoms with Gasteiger partial charge in [0.1, 0.15) is 0 Å². The standard InChI is InChI=1S/C18H17N5O/c1-5-6-15(24-4)17-21-16-10-14(20-18(19)23(16)22-17)13-8-7-11(2)12(3)9-13/h1,6-10H,2-4H3,(H2,19,20)/b15-6-. The number of nitrogens with zero attached hydrogens (tertiary/aromatic N) is 4. The topological polar surface area (TPSA) is 78.3 Å². The van der Waals surface area contributed by atoms with Crippen molar-refractivity contribution in [2.75, 3.05) is 12.8 Å². The minimum Gasteiger partial charge on any atom is -0.492 e. The van der Waals surface area contributed by atoms with Gasteiger partial charge in [-0.3, -0.25) is 0 Å². The van der Waals surface area contributed by atoms with Crippen molar-refractivity contribution in [3.8, 4) is 23.6 Å². The minimum absolute atomic E-state index is 0.246. The Kier molecular flexibility index (Phi) is 3.92. The van der Waals surface area contributed by atoms with Gasteiger partial charge in [0.15, 0.2) is 11.4 Å². The van der Waals surface area contributed by atoms with Crippen molar-refractivity contribution in [2.45, 2.75) is 13.8 Å². The Bertz CT molecular complexity index is 995. The Hall–Kier alpha value is -3.33. The normalized spacial score (nSPS) is 11.5. The molecule has 2 N–H and O–H groups in total. The summed E-state index contributed by atoms with van der Waals surface area (Å²) in [5.41, 5.74) is 10.7. The molecule has 0 fully saturated rings. The number of methoxy groups -OCH3 is 1. The van der Waals surface area contributed by atoms with E-state index in [2.05, 4.69) is 47.0 Å². The summed E-state index contributed by atoms with van der Waals surface area (Å²) in [7, 11) is 1.51. The third kappa shape index (κ3) is 2.68. The molecular formula is C18H17N5O. The number of nitrogen functional groups attached to an aromatic ring is 1. The van der Waals surface area contributed by atoms with Gasteiger partial charge in [-0.15, -0.1) is 11.5 Å². The molecule has 2 aromatic heterocycles. The van der Waals surface area contributed by atoms with E-state index < -0.39 is 0 Å². The van der Waals surface area contributed by atoms with Gasteiger partial charge < -0.3 is 10.5 Å². The first-order valence-electron chi connectivity index (χ1n) is 7.35. The van der Waals surface area contributed by atoms with E-state index in [9.17, 15) is 0 Å². The van der Waals surface area contributed by atoms with Crippen molar-refractivity contribution >= 4 is 17.4 Å². The van der Waals surface area contributed by atoms with Crippen LogP contribution in [0, 0.1) is 26.2 Å². The maximum atomic E-state index is 6.04. The molecule has 0 aliphatic heterocycles. The van der Waals surface area contributed by atoms with Gasteiger partial charge in [-0.2, -0.15) is 4.52 Å². The quantitative estimate of drug-likeness (QED) is 0.593. The zero-order chi connectivity index (χ0) is 17.3. The number of hydrogen-bond acceptors (Lipinski definition) is 5. The van der Waals surface area contributed by atoms with E-state index in [0.717, 1.165) is 11.3 Å². The van der Waals surface area contributed by atoms with Crippen molar-refractivity contribution in [1.82, 2.24) is 19.6 Å². The summed E-state index contributed by atoms with van der Waals surface area (Å²) < 4.78 is 6.67. The molecule has 0 saturated carbocycles. The third-order valence-electron chi connectivity index (χ3n) is 3.81. The van der Waals surface area contributed by atoms with E-state index in [1.54, 1.807) is 0 Å². The number of aromatic nitrogens is 4. The van der Waals surface area contributed by atoms with Crippen molar-refractivity contribution in [1.29, 1.82) is 0 Å². The lowest BCUT2D eigenvalue weighted by Gasteiger charge is -2.06. The molecule has 2 heterocycles. The van der Waals surface area contributed by atoms with Crippen molar-refractivity contribution in [3.05, 3.63) is 47.3 Å². The molecule has 0 unspecified atom stereocenters. The molecule has 3 rings (SSSR count). The number of allylic oxidation sites excluding steroid dienone is 1. The van der Waals surface area contributed by atoms with Gasteiger partial charge in [0.25, 0.3) is 0 Å². The summed E-state index contributed by atoms with van der Waals surface area (Å²) in [5.74, 6) is 3.41. The number of anilines is 1. The second-order valence-corrected chi connectivity index (χ2v) is 5.38. The van der Waals surface area contributed by atoms with E-state index in [4.69, 9.17) is 16.9 Å². The first-order valence-corrected chi connectivity index (χ1v) is 7.35. The summed E-state index contributed by atoms with van der Waals surface area (Å²) in [6, 6.07) is 7.97. The molecule has 24 heavy (non-hydrogen) atoms. The average Bonchev–Trinajstić information content (AvgIpc) is 2.99. The third-order valence-corrected chi connectivity index (χ3v) is 3.81. The Balaban J connectivity index is 2.15. The lowest BCUT2D eigenvalue weighted by Crippen LogP contribution is -2.03. The number of fused-ring (bicyclic) bond motifs is 1. The number of terminal acetylenes is 1. The second-order valence-electron chi connectivity index (χ2n) is 5.38. The molecule has 6 heteroatoms. The van der Waals surface area contributed by atoms with Gasteiger partial charge in [-0.1, -0.05) is 18.1 Å². The number of ether oxygens (including phenoxy) is 1. The maximum Gasteiger partial charge on any atom is 0.223 e. The highest BCUT2D eigenvalue weighted by Gasteiger charge is 2.14. The van der Waals surface area contributed by atoms with Gasteiger partial charge in [-0.25, -0.2) is 9.97 Å². The van der Waals surface area contributed by atoms with Crippen LogP contribution in [0.25, 0.3) is 22.7 Å². The lowest BCUT2D eigenvalue weighted by atomic mass is 10.0. The van der Waals surface area contributed by atoms with Gasteiger partial charge in [0.2, 0.25) is 11.8 Å². The highest BCUT2D eigenvalue weighted by Crippen LogP contribution is 2.23. The lowest BCUT2D eigenvalue weighted by molar-refractivity contribution is 0.366. The fourth-order valence-corrected chi connectivity index (χ4v) is 2.35. The maximum absolute atomic E-state index is 6.04. The molecule has 1 aromatic carbocycles. The first-order chi connectivity index (χ1) is 11.5. The van der Waals surface area contributed by atoms with Crippen LogP contribution < -0.4 is 5.73 Å². The number of rotatable bonds is 3. The predicted octanol–water partition coefficient (Wildman–Crippen LogP) is 2.61. The van der Waals surface area contributed by atoms with Crippen molar-refractivity contribution < 1.29 is 4.74 Å². The summed E-state index contributed by atoms with van der Waals surface area (Å²) in [4.78, 5) is 8.86. The Labute approximate surface area is 140 Å². The number of nitrogens with two attached hydrogens (primary N) is 1. The molecule has 0 spiro atoms. The van der Waals surface area contributed by atoms with Crippen LogP contribution in [0.3, 0.4) is 0 Å². The van der Waals surface area contributed by atoms with Crippen LogP contribution in [-0.4, -0.2) is 26.7 Å². The summed E-state index contributed by atoms with van der Waals surface area (Å²) in [6.07, 6.45) is 6.75. The molecule has 0 aliphatic rings. The Morgan fingerprint density at radius 2 is 2.04 bits per heavy atom. The van der Waals surface area contributed by atoms with Gasteiger partial charge in [0, 0.05) is 17.7 Å². The Morgan fingerprint density at radius 3 is 2.71 bits per heavy atom. The zero-order valence-corrected chi connectivity index (χ0v) is 13.7. The molecule has 3 aromatic rings. The molecule has 0 saturated heterocycles. The van der Waals surface area contributed by atoms with E-state index in [1.165, 1.54) is 28.8 Å². The van der Waals surface area contributed by atoms with Crippen LogP contribution >= 0.6 is 0 Å². The zero-order valence-electron chi connectivity index (χ0n) is 13.7. The summed E-state index contributed by atoms with van der Waals surface area (Å²) in [6.45, 7) is 4.13. The summed E-state index contributed by atoms with van der Waals surface area (Å²) in [5, 5.41) is 4.30. The molecular weight excluding hydrogens is 302 g/mol. The fraction of sp³-hybridized carbons (Fsp3) is 0.167. The fourth-order valence-electron chi connectivity index (χ4n) is 2.35. The molecule has 0 bridgehead atoms. The van der Waals surface area contributed by atoms with E-state index >= 15 is 0 Å². The highest BCUT2D eigenvalue weighted by atomic mass is 16.5. The second kappa shape index (κ2) is 6.05. The van der Waals surface area contributed by atoms with Crippen LogP contribution in [0.2, 0.25) is 0 Å². The van der Waals surface area contributed by atoms with E-state index in [1.807, 2.05) is 12.1 Å². The van der Waals surface area contributed by atoms with E-state index in [-0.39, 0.29) is 5.95 Å². The van der Waals surface area contributed by atoms with Gasteiger partial charge in [-0.05, 0) is 31.0 Å². The number of aryl methyl sites for hydroxylation is 2. The van der Waals surface area contributed by atoms with Crippen LogP contribution in [0.15, 0.2) is 30.3 Å². The van der Waals surface area contributed by atoms with Gasteiger partial charge >= 0.3 is 0 Å². The van der Waals surface area contributed by atoms with Crippen LogP contribution in [-0.2, 0) is 4.74 Å². The molecule has 0 atom stereocenters. The largest absolute Gasteiger partial charge is 0.492 e. The molecule has 120 valence electrons. The van der Waals surface area contributed by atoms with Crippen LogP contribution in [0.1, 0.15) is 17.0 Å². The van der Waals surface area contributed by atoms with Gasteiger partial charge in [0.05, 0.1) is 12.8 Å². The highest BCUT2D eigenvalue weighted by molar-refractivity contribution is 5.68. The molecule has 0 amide bonds. The van der Waals surface area contributed by atoms with Crippen LogP contribution in [0.5, 0.6) is 0 Å². The summed E-state index contributed by atoms with van der Waals surface area (Å²) >= 11 is 0. The van der Waals surface area contributed by atoms with Crippen molar-refractivity contribution in [3.63, 3.8) is 0 Å². The number of benzene rings is 1. The Morgan fingerprint density at radius 1 is 1.25 bits per heavy atom. The van der Waals surface area contributed by atoms with Crippen molar-refractivity contribution in [2.24, 2.45) is 0 Å². The predicted molar refractivity (Wildman–Crippen MR) is 93.9 cm³/mol.